The molecule has 0 amide bonds. The Morgan fingerprint density at radius 2 is 2.14 bits per heavy atom. The van der Waals surface area contributed by atoms with E-state index in [1.807, 2.05) is 6.92 Å². The summed E-state index contributed by atoms with van der Waals surface area (Å²) in [6.07, 6.45) is 2.66. The zero-order valence-electron chi connectivity index (χ0n) is 12.0. The van der Waals surface area contributed by atoms with Gasteiger partial charge in [-0.3, -0.25) is 0 Å². The SMILES string of the molecule is CCc1cnc(CNS(=O)(=O)c2cccc(CO)c2C)s1. The molecule has 0 atom stereocenters. The van der Waals surface area contributed by atoms with Crippen molar-refractivity contribution in [1.82, 2.24) is 9.71 Å². The van der Waals surface area contributed by atoms with E-state index >= 15 is 0 Å². The van der Waals surface area contributed by atoms with Crippen molar-refractivity contribution in [2.24, 2.45) is 0 Å². The molecule has 2 aromatic rings. The zero-order chi connectivity index (χ0) is 15.5. The molecule has 7 heteroatoms. The Hall–Kier alpha value is -1.28. The van der Waals surface area contributed by atoms with E-state index < -0.39 is 10.0 Å². The van der Waals surface area contributed by atoms with Crippen molar-refractivity contribution in [2.75, 3.05) is 0 Å². The molecular weight excluding hydrogens is 308 g/mol. The predicted molar refractivity (Wildman–Crippen MR) is 82.6 cm³/mol. The number of nitrogens with zero attached hydrogens (tertiary/aromatic N) is 1. The number of hydrogen-bond acceptors (Lipinski definition) is 5. The first-order valence-corrected chi connectivity index (χ1v) is 8.90. The summed E-state index contributed by atoms with van der Waals surface area (Å²) in [7, 11) is -3.61. The topological polar surface area (TPSA) is 79.3 Å². The van der Waals surface area contributed by atoms with Crippen molar-refractivity contribution in [2.45, 2.75) is 38.3 Å². The van der Waals surface area contributed by atoms with Gasteiger partial charge >= 0.3 is 0 Å². The lowest BCUT2D eigenvalue weighted by Gasteiger charge is -2.11. The van der Waals surface area contributed by atoms with Crippen LogP contribution >= 0.6 is 11.3 Å². The lowest BCUT2D eigenvalue weighted by Crippen LogP contribution is -2.24. The minimum atomic E-state index is -3.61. The first-order valence-electron chi connectivity index (χ1n) is 6.60. The number of aliphatic hydroxyl groups is 1. The first-order chi connectivity index (χ1) is 9.97. The number of sulfonamides is 1. The second kappa shape index (κ2) is 6.65. The van der Waals surface area contributed by atoms with Crippen LogP contribution < -0.4 is 4.72 Å². The van der Waals surface area contributed by atoms with Gasteiger partial charge in [-0.15, -0.1) is 11.3 Å². The largest absolute Gasteiger partial charge is 0.392 e. The highest BCUT2D eigenvalue weighted by atomic mass is 32.2. The van der Waals surface area contributed by atoms with E-state index in [-0.39, 0.29) is 18.0 Å². The Bertz CT molecular complexity index is 724. The minimum Gasteiger partial charge on any atom is -0.392 e. The number of rotatable bonds is 6. The molecule has 0 aliphatic carbocycles. The maximum atomic E-state index is 12.4. The van der Waals surface area contributed by atoms with Gasteiger partial charge in [-0.05, 0) is 30.5 Å². The molecule has 0 saturated carbocycles. The fourth-order valence-electron chi connectivity index (χ4n) is 1.95. The molecule has 0 saturated heterocycles. The van der Waals surface area contributed by atoms with Crippen LogP contribution in [0.2, 0.25) is 0 Å². The van der Waals surface area contributed by atoms with Gasteiger partial charge in [0.15, 0.2) is 0 Å². The highest BCUT2D eigenvalue weighted by Crippen LogP contribution is 2.20. The Balaban J connectivity index is 2.18. The standard InChI is InChI=1S/C14H18N2O3S2/c1-3-12-7-15-14(20-12)8-16-21(18,19)13-6-4-5-11(9-17)10(13)2/h4-7,16-17H,3,8-9H2,1-2H3. The molecular formula is C14H18N2O3S2. The summed E-state index contributed by atoms with van der Waals surface area (Å²) in [6, 6.07) is 4.88. The van der Waals surface area contributed by atoms with Gasteiger partial charge in [0, 0.05) is 11.1 Å². The van der Waals surface area contributed by atoms with Crippen LogP contribution in [-0.2, 0) is 29.6 Å². The third kappa shape index (κ3) is 3.68. The molecule has 0 unspecified atom stereocenters. The molecule has 0 aliphatic heterocycles. The summed E-state index contributed by atoms with van der Waals surface area (Å²) in [6.45, 7) is 3.72. The number of thiazole rings is 1. The van der Waals surface area contributed by atoms with Gasteiger partial charge in [-0.25, -0.2) is 18.1 Å². The number of aryl methyl sites for hydroxylation is 1. The van der Waals surface area contributed by atoms with Gasteiger partial charge in [0.2, 0.25) is 10.0 Å². The average Bonchev–Trinajstić information content (AvgIpc) is 2.93. The van der Waals surface area contributed by atoms with E-state index in [2.05, 4.69) is 9.71 Å². The number of aliphatic hydroxyl groups excluding tert-OH is 1. The van der Waals surface area contributed by atoms with Crippen LogP contribution in [0.25, 0.3) is 0 Å². The van der Waals surface area contributed by atoms with Crippen LogP contribution in [-0.4, -0.2) is 18.5 Å². The molecule has 1 heterocycles. The van der Waals surface area contributed by atoms with Gasteiger partial charge in [0.05, 0.1) is 18.0 Å². The summed E-state index contributed by atoms with van der Waals surface area (Å²) in [5, 5.41) is 9.96. The fourth-order valence-corrected chi connectivity index (χ4v) is 4.12. The Kier molecular flexibility index (Phi) is 5.10. The van der Waals surface area contributed by atoms with Crippen LogP contribution in [0.5, 0.6) is 0 Å². The van der Waals surface area contributed by atoms with Gasteiger partial charge in [-0.1, -0.05) is 19.1 Å². The first kappa shape index (κ1) is 16.1. The van der Waals surface area contributed by atoms with Crippen LogP contribution in [0.1, 0.15) is 27.9 Å². The highest BCUT2D eigenvalue weighted by Gasteiger charge is 2.18. The number of nitrogens with one attached hydrogen (secondary N) is 1. The lowest BCUT2D eigenvalue weighted by molar-refractivity contribution is 0.280. The van der Waals surface area contributed by atoms with Crippen molar-refractivity contribution in [1.29, 1.82) is 0 Å². The third-order valence-corrected chi connectivity index (χ3v) is 5.91. The van der Waals surface area contributed by atoms with E-state index in [1.165, 1.54) is 17.4 Å². The van der Waals surface area contributed by atoms with Crippen LogP contribution in [0.4, 0.5) is 0 Å². The van der Waals surface area contributed by atoms with Crippen molar-refractivity contribution in [3.8, 4) is 0 Å². The smallest absolute Gasteiger partial charge is 0.241 e. The normalized spacial score (nSPS) is 11.8. The maximum Gasteiger partial charge on any atom is 0.241 e. The van der Waals surface area contributed by atoms with E-state index in [0.29, 0.717) is 11.1 Å². The third-order valence-electron chi connectivity index (χ3n) is 3.22. The van der Waals surface area contributed by atoms with Gasteiger partial charge in [-0.2, -0.15) is 0 Å². The van der Waals surface area contributed by atoms with E-state index in [1.54, 1.807) is 25.3 Å². The molecule has 5 nitrogen and oxygen atoms in total. The van der Waals surface area contributed by atoms with Crippen LogP contribution in [0.15, 0.2) is 29.3 Å². The minimum absolute atomic E-state index is 0.176. The predicted octanol–water partition coefficient (Wildman–Crippen LogP) is 1.98. The Labute approximate surface area is 128 Å². The average molecular weight is 326 g/mol. The second-order valence-corrected chi connectivity index (χ2v) is 7.53. The van der Waals surface area contributed by atoms with E-state index in [9.17, 15) is 13.5 Å². The second-order valence-electron chi connectivity index (χ2n) is 4.60. The van der Waals surface area contributed by atoms with Crippen molar-refractivity contribution in [3.05, 3.63) is 45.4 Å². The number of hydrogen-bond donors (Lipinski definition) is 2. The number of aromatic nitrogens is 1. The molecule has 2 rings (SSSR count). The Morgan fingerprint density at radius 3 is 2.76 bits per heavy atom. The summed E-state index contributed by atoms with van der Waals surface area (Å²) in [5.41, 5.74) is 1.18. The molecule has 0 bridgehead atoms. The lowest BCUT2D eigenvalue weighted by atomic mass is 10.1. The van der Waals surface area contributed by atoms with Crippen LogP contribution in [0.3, 0.4) is 0 Å². The fraction of sp³-hybridized carbons (Fsp3) is 0.357. The molecule has 1 aromatic heterocycles. The van der Waals surface area contributed by atoms with Crippen molar-refractivity contribution >= 4 is 21.4 Å². The quantitative estimate of drug-likeness (QED) is 0.851. The molecule has 0 spiro atoms. The summed E-state index contributed by atoms with van der Waals surface area (Å²) >= 11 is 1.50. The molecule has 1 aromatic carbocycles. The Morgan fingerprint density at radius 1 is 1.38 bits per heavy atom. The molecule has 0 radical (unpaired) electrons. The summed E-state index contributed by atoms with van der Waals surface area (Å²) in [5.74, 6) is 0. The monoisotopic (exact) mass is 326 g/mol. The molecule has 0 aliphatic rings. The highest BCUT2D eigenvalue weighted by molar-refractivity contribution is 7.89. The van der Waals surface area contributed by atoms with Crippen molar-refractivity contribution < 1.29 is 13.5 Å². The number of benzene rings is 1. The molecule has 114 valence electrons. The molecule has 0 fully saturated rings. The molecule has 2 N–H and O–H groups in total. The van der Waals surface area contributed by atoms with Gasteiger partial charge in [0.25, 0.3) is 0 Å². The van der Waals surface area contributed by atoms with Crippen LogP contribution in [0, 0.1) is 6.92 Å². The van der Waals surface area contributed by atoms with Gasteiger partial charge < -0.3 is 5.11 Å². The van der Waals surface area contributed by atoms with E-state index in [0.717, 1.165) is 16.3 Å². The zero-order valence-corrected chi connectivity index (χ0v) is 13.6. The van der Waals surface area contributed by atoms with Crippen molar-refractivity contribution in [3.63, 3.8) is 0 Å². The van der Waals surface area contributed by atoms with E-state index in [4.69, 9.17) is 0 Å². The van der Waals surface area contributed by atoms with Gasteiger partial charge in [0.1, 0.15) is 5.01 Å². The maximum absolute atomic E-state index is 12.4. The summed E-state index contributed by atoms with van der Waals surface area (Å²) < 4.78 is 27.3. The molecule has 21 heavy (non-hydrogen) atoms. The summed E-state index contributed by atoms with van der Waals surface area (Å²) in [4.78, 5) is 5.51.